The van der Waals surface area contributed by atoms with Gasteiger partial charge in [0.25, 0.3) is 0 Å². The van der Waals surface area contributed by atoms with Gasteiger partial charge in [0.2, 0.25) is 0 Å². The first-order valence-corrected chi connectivity index (χ1v) is 6.12. The van der Waals surface area contributed by atoms with Crippen molar-refractivity contribution in [3.8, 4) is 0 Å². The predicted molar refractivity (Wildman–Crippen MR) is 62.8 cm³/mol. The fraction of sp³-hybridized carbons (Fsp3) is 0.833. The third kappa shape index (κ3) is 7.74. The minimum Gasteiger partial charge on any atom is -0.481 e. The number of aliphatic hydroxyl groups is 1. The van der Waals surface area contributed by atoms with Gasteiger partial charge in [-0.15, -0.1) is 0 Å². The SMILES string of the molecule is CCCCCCCC(O)CC(C(=O)O)C(=O)O. The van der Waals surface area contributed by atoms with Crippen LogP contribution in [0.3, 0.4) is 0 Å². The summed E-state index contributed by atoms with van der Waals surface area (Å²) in [5.74, 6) is -4.27. The molecule has 0 aromatic carbocycles. The normalized spacial score (nSPS) is 12.6. The largest absolute Gasteiger partial charge is 0.481 e. The van der Waals surface area contributed by atoms with E-state index in [0.29, 0.717) is 6.42 Å². The number of aliphatic hydroxyl groups excluding tert-OH is 1. The average Bonchev–Trinajstić information content (AvgIpc) is 2.24. The van der Waals surface area contributed by atoms with Crippen LogP contribution < -0.4 is 0 Å². The van der Waals surface area contributed by atoms with Crippen LogP contribution in [0.25, 0.3) is 0 Å². The Balaban J connectivity index is 3.79. The van der Waals surface area contributed by atoms with Crippen molar-refractivity contribution in [1.82, 2.24) is 0 Å². The summed E-state index contributed by atoms with van der Waals surface area (Å²) >= 11 is 0. The molecule has 5 heteroatoms. The molecule has 0 saturated carbocycles. The van der Waals surface area contributed by atoms with Gasteiger partial charge in [-0.3, -0.25) is 9.59 Å². The summed E-state index contributed by atoms with van der Waals surface area (Å²) in [6, 6.07) is 0. The summed E-state index contributed by atoms with van der Waals surface area (Å²) in [7, 11) is 0. The number of rotatable bonds is 10. The molecule has 0 radical (unpaired) electrons. The van der Waals surface area contributed by atoms with Crippen molar-refractivity contribution in [3.05, 3.63) is 0 Å². The van der Waals surface area contributed by atoms with E-state index in [2.05, 4.69) is 6.92 Å². The zero-order valence-corrected chi connectivity index (χ0v) is 10.3. The van der Waals surface area contributed by atoms with Gasteiger partial charge in [-0.1, -0.05) is 39.0 Å². The first kappa shape index (κ1) is 15.9. The lowest BCUT2D eigenvalue weighted by Gasteiger charge is -2.13. The van der Waals surface area contributed by atoms with E-state index >= 15 is 0 Å². The second kappa shape index (κ2) is 8.98. The van der Waals surface area contributed by atoms with Crippen molar-refractivity contribution in [2.45, 2.75) is 58.0 Å². The van der Waals surface area contributed by atoms with Gasteiger partial charge >= 0.3 is 11.9 Å². The standard InChI is InChI=1S/C12H22O5/c1-2-3-4-5-6-7-9(13)8-10(11(14)15)12(16)17/h9-10,13H,2-8H2,1H3,(H,14,15)(H,16,17). The zero-order chi connectivity index (χ0) is 13.3. The van der Waals surface area contributed by atoms with Crippen molar-refractivity contribution in [2.24, 2.45) is 5.92 Å². The van der Waals surface area contributed by atoms with E-state index in [0.717, 1.165) is 32.1 Å². The molecule has 0 spiro atoms. The maximum atomic E-state index is 10.6. The fourth-order valence-electron chi connectivity index (χ4n) is 1.68. The molecular weight excluding hydrogens is 224 g/mol. The Labute approximate surface area is 101 Å². The summed E-state index contributed by atoms with van der Waals surface area (Å²) in [6.45, 7) is 2.11. The van der Waals surface area contributed by atoms with Gasteiger partial charge < -0.3 is 15.3 Å². The molecule has 17 heavy (non-hydrogen) atoms. The van der Waals surface area contributed by atoms with E-state index < -0.39 is 24.0 Å². The van der Waals surface area contributed by atoms with Crippen LogP contribution in [0, 0.1) is 5.92 Å². The van der Waals surface area contributed by atoms with Crippen molar-refractivity contribution >= 4 is 11.9 Å². The summed E-state index contributed by atoms with van der Waals surface area (Å²) in [6.07, 6.45) is 4.63. The predicted octanol–water partition coefficient (Wildman–Crippen LogP) is 1.88. The van der Waals surface area contributed by atoms with Crippen LogP contribution in [0.1, 0.15) is 51.9 Å². The summed E-state index contributed by atoms with van der Waals surface area (Å²) in [5.41, 5.74) is 0. The van der Waals surface area contributed by atoms with Crippen molar-refractivity contribution < 1.29 is 24.9 Å². The number of aliphatic carboxylic acids is 2. The van der Waals surface area contributed by atoms with Crippen LogP contribution in [0.2, 0.25) is 0 Å². The second-order valence-corrected chi connectivity index (χ2v) is 4.32. The number of carbonyl (C=O) groups is 2. The van der Waals surface area contributed by atoms with Gasteiger partial charge in [0, 0.05) is 0 Å². The van der Waals surface area contributed by atoms with Crippen LogP contribution in [0.5, 0.6) is 0 Å². The lowest BCUT2D eigenvalue weighted by molar-refractivity contribution is -0.156. The van der Waals surface area contributed by atoms with Gasteiger partial charge in [0.15, 0.2) is 5.92 Å². The molecule has 0 fully saturated rings. The van der Waals surface area contributed by atoms with E-state index in [1.165, 1.54) is 0 Å². The third-order valence-electron chi connectivity index (χ3n) is 2.74. The van der Waals surface area contributed by atoms with Crippen LogP contribution in [-0.2, 0) is 9.59 Å². The van der Waals surface area contributed by atoms with Crippen molar-refractivity contribution in [3.63, 3.8) is 0 Å². The van der Waals surface area contributed by atoms with Crippen LogP contribution >= 0.6 is 0 Å². The highest BCUT2D eigenvalue weighted by atomic mass is 16.4. The maximum absolute atomic E-state index is 10.6. The molecule has 1 atom stereocenters. The molecule has 1 unspecified atom stereocenters. The molecular formula is C12H22O5. The average molecular weight is 246 g/mol. The summed E-state index contributed by atoms with van der Waals surface area (Å²) in [5, 5.41) is 26.8. The first-order valence-electron chi connectivity index (χ1n) is 6.12. The fourth-order valence-corrected chi connectivity index (χ4v) is 1.68. The van der Waals surface area contributed by atoms with Crippen LogP contribution in [-0.4, -0.2) is 33.4 Å². The zero-order valence-electron chi connectivity index (χ0n) is 10.3. The van der Waals surface area contributed by atoms with Gasteiger partial charge in [-0.05, 0) is 12.8 Å². The lowest BCUT2D eigenvalue weighted by atomic mass is 9.98. The van der Waals surface area contributed by atoms with Crippen molar-refractivity contribution in [2.75, 3.05) is 0 Å². The number of carboxylic acids is 2. The summed E-state index contributed by atoms with van der Waals surface area (Å²) < 4.78 is 0. The number of carboxylic acid groups (broad SMARTS) is 2. The second-order valence-electron chi connectivity index (χ2n) is 4.32. The van der Waals surface area contributed by atoms with E-state index in [-0.39, 0.29) is 6.42 Å². The highest BCUT2D eigenvalue weighted by molar-refractivity contribution is 5.92. The Hall–Kier alpha value is -1.10. The molecule has 0 aliphatic heterocycles. The van der Waals surface area contributed by atoms with E-state index in [9.17, 15) is 14.7 Å². The molecule has 0 heterocycles. The molecule has 0 aromatic rings. The molecule has 100 valence electrons. The third-order valence-corrected chi connectivity index (χ3v) is 2.74. The number of hydrogen-bond acceptors (Lipinski definition) is 3. The first-order chi connectivity index (χ1) is 7.99. The minimum atomic E-state index is -1.50. The maximum Gasteiger partial charge on any atom is 0.317 e. The Morgan fingerprint density at radius 3 is 2.00 bits per heavy atom. The lowest BCUT2D eigenvalue weighted by Crippen LogP contribution is -2.27. The Bertz CT molecular complexity index is 225. The molecule has 0 saturated heterocycles. The molecule has 0 aliphatic carbocycles. The molecule has 0 aliphatic rings. The summed E-state index contributed by atoms with van der Waals surface area (Å²) in [4.78, 5) is 21.2. The quantitative estimate of drug-likeness (QED) is 0.404. The molecule has 5 nitrogen and oxygen atoms in total. The highest BCUT2D eigenvalue weighted by Crippen LogP contribution is 2.14. The smallest absolute Gasteiger partial charge is 0.317 e. The Morgan fingerprint density at radius 1 is 1.00 bits per heavy atom. The molecule has 0 amide bonds. The monoisotopic (exact) mass is 246 g/mol. The molecule has 0 rings (SSSR count). The van der Waals surface area contributed by atoms with Gasteiger partial charge in [-0.2, -0.15) is 0 Å². The molecule has 3 N–H and O–H groups in total. The van der Waals surface area contributed by atoms with E-state index in [4.69, 9.17) is 10.2 Å². The minimum absolute atomic E-state index is 0.210. The van der Waals surface area contributed by atoms with Gasteiger partial charge in [0.05, 0.1) is 6.10 Å². The number of hydrogen-bond donors (Lipinski definition) is 3. The number of unbranched alkanes of at least 4 members (excludes halogenated alkanes) is 4. The molecule has 0 aromatic heterocycles. The van der Waals surface area contributed by atoms with Crippen LogP contribution in [0.15, 0.2) is 0 Å². The van der Waals surface area contributed by atoms with E-state index in [1.54, 1.807) is 0 Å². The topological polar surface area (TPSA) is 94.8 Å². The van der Waals surface area contributed by atoms with Crippen molar-refractivity contribution in [1.29, 1.82) is 0 Å². The molecule has 0 bridgehead atoms. The van der Waals surface area contributed by atoms with Gasteiger partial charge in [0.1, 0.15) is 0 Å². The van der Waals surface area contributed by atoms with E-state index in [1.807, 2.05) is 0 Å². The van der Waals surface area contributed by atoms with Gasteiger partial charge in [-0.25, -0.2) is 0 Å². The Kier molecular flexibility index (Phi) is 8.40. The van der Waals surface area contributed by atoms with Crippen LogP contribution in [0.4, 0.5) is 0 Å². The highest BCUT2D eigenvalue weighted by Gasteiger charge is 2.28. The Morgan fingerprint density at radius 2 is 1.53 bits per heavy atom.